The van der Waals surface area contributed by atoms with Crippen LogP contribution < -0.4 is 15.6 Å². The van der Waals surface area contributed by atoms with Gasteiger partial charge in [-0.05, 0) is 61.0 Å². The molecule has 37 heavy (non-hydrogen) atoms. The van der Waals surface area contributed by atoms with Crippen molar-refractivity contribution in [3.05, 3.63) is 97.2 Å². The Labute approximate surface area is 229 Å². The van der Waals surface area contributed by atoms with E-state index in [1.165, 1.54) is 29.1 Å². The van der Waals surface area contributed by atoms with Crippen molar-refractivity contribution in [1.82, 2.24) is 9.66 Å². The normalized spacial score (nSPS) is 12.1. The number of benzene rings is 3. The third-order valence-corrected chi connectivity index (χ3v) is 6.62. The average Bonchev–Trinajstić information content (AvgIpc) is 2.87. The minimum atomic E-state index is -0.451. The number of amides is 1. The lowest BCUT2D eigenvalue weighted by Gasteiger charge is -2.14. The van der Waals surface area contributed by atoms with E-state index >= 15 is 0 Å². The summed E-state index contributed by atoms with van der Waals surface area (Å²) in [7, 11) is 0. The molecule has 4 rings (SSSR count). The van der Waals surface area contributed by atoms with E-state index in [1.54, 1.807) is 36.4 Å². The molecule has 190 valence electrons. The van der Waals surface area contributed by atoms with Gasteiger partial charge in [0, 0.05) is 26.1 Å². The standard InChI is InChI=1S/C27H23Br2FN4O3/c1-3-16(2)26-33-23-9-7-19(29)12-22(23)27(36)34(26)31-14-17-11-18(28)8-10-24(17)37-15-25(35)32-21-6-4-5-20(30)13-21/h4-14,16H,3,15H2,1-2H3,(H,32,35)/t16-/m1/s1. The molecule has 0 saturated heterocycles. The second-order valence-corrected chi connectivity index (χ2v) is 10.2. The van der Waals surface area contributed by atoms with Crippen molar-refractivity contribution in [2.75, 3.05) is 11.9 Å². The molecule has 1 amide bonds. The van der Waals surface area contributed by atoms with E-state index in [9.17, 15) is 14.0 Å². The van der Waals surface area contributed by atoms with E-state index in [0.717, 1.165) is 15.4 Å². The first-order valence-electron chi connectivity index (χ1n) is 11.5. The first-order valence-corrected chi connectivity index (χ1v) is 13.1. The molecule has 3 aromatic carbocycles. The minimum absolute atomic E-state index is 0.0114. The predicted octanol–water partition coefficient (Wildman–Crippen LogP) is 6.47. The van der Waals surface area contributed by atoms with Gasteiger partial charge in [-0.25, -0.2) is 9.37 Å². The fraction of sp³-hybridized carbons (Fsp3) is 0.185. The molecule has 1 N–H and O–H groups in total. The fourth-order valence-electron chi connectivity index (χ4n) is 3.56. The lowest BCUT2D eigenvalue weighted by Crippen LogP contribution is -2.24. The lowest BCUT2D eigenvalue weighted by molar-refractivity contribution is -0.118. The van der Waals surface area contributed by atoms with Crippen LogP contribution >= 0.6 is 31.9 Å². The Bertz CT molecular complexity index is 1550. The van der Waals surface area contributed by atoms with Crippen LogP contribution in [-0.2, 0) is 4.79 Å². The van der Waals surface area contributed by atoms with E-state index in [-0.39, 0.29) is 18.1 Å². The van der Waals surface area contributed by atoms with Crippen LogP contribution in [0.3, 0.4) is 0 Å². The van der Waals surface area contributed by atoms with Gasteiger partial charge in [0.2, 0.25) is 0 Å². The summed E-state index contributed by atoms with van der Waals surface area (Å²) in [6, 6.07) is 16.2. The predicted molar refractivity (Wildman–Crippen MR) is 150 cm³/mol. The molecule has 1 aromatic heterocycles. The van der Waals surface area contributed by atoms with Crippen molar-refractivity contribution in [2.24, 2.45) is 5.10 Å². The monoisotopic (exact) mass is 628 g/mol. The summed E-state index contributed by atoms with van der Waals surface area (Å²) < 4.78 is 22.0. The number of halogens is 3. The summed E-state index contributed by atoms with van der Waals surface area (Å²) in [5.74, 6) is 0.0211. The Morgan fingerprint density at radius 1 is 1.16 bits per heavy atom. The topological polar surface area (TPSA) is 85.6 Å². The SMILES string of the molecule is CC[C@@H](C)c1nc2ccc(Br)cc2c(=O)n1N=Cc1cc(Br)ccc1OCC(=O)Nc1cccc(F)c1. The van der Waals surface area contributed by atoms with Gasteiger partial charge in [0.15, 0.2) is 6.61 Å². The van der Waals surface area contributed by atoms with Gasteiger partial charge in [-0.3, -0.25) is 9.59 Å². The number of hydrogen-bond acceptors (Lipinski definition) is 5. The van der Waals surface area contributed by atoms with E-state index in [0.29, 0.717) is 33.7 Å². The van der Waals surface area contributed by atoms with Crippen LogP contribution in [0.4, 0.5) is 10.1 Å². The third kappa shape index (κ3) is 6.50. The van der Waals surface area contributed by atoms with Crippen molar-refractivity contribution in [1.29, 1.82) is 0 Å². The van der Waals surface area contributed by atoms with E-state index in [1.807, 2.05) is 19.9 Å². The first kappa shape index (κ1) is 26.7. The Morgan fingerprint density at radius 3 is 2.68 bits per heavy atom. The van der Waals surface area contributed by atoms with Crippen LogP contribution in [0, 0.1) is 5.82 Å². The number of nitrogens with one attached hydrogen (secondary N) is 1. The minimum Gasteiger partial charge on any atom is -0.483 e. The molecule has 0 saturated carbocycles. The van der Waals surface area contributed by atoms with Gasteiger partial charge in [0.1, 0.15) is 17.4 Å². The molecule has 1 atom stereocenters. The molecule has 10 heteroatoms. The number of hydrogen-bond donors (Lipinski definition) is 1. The summed E-state index contributed by atoms with van der Waals surface area (Å²) in [5, 5.41) is 7.52. The molecule has 0 aliphatic rings. The maximum Gasteiger partial charge on any atom is 0.282 e. The number of nitrogens with zero attached hydrogens (tertiary/aromatic N) is 3. The molecule has 0 aliphatic heterocycles. The zero-order chi connectivity index (χ0) is 26.5. The molecule has 0 aliphatic carbocycles. The van der Waals surface area contributed by atoms with Gasteiger partial charge in [-0.1, -0.05) is 51.8 Å². The quantitative estimate of drug-likeness (QED) is 0.226. The fourth-order valence-corrected chi connectivity index (χ4v) is 4.30. The van der Waals surface area contributed by atoms with E-state index in [2.05, 4.69) is 42.3 Å². The van der Waals surface area contributed by atoms with Crippen LogP contribution in [-0.4, -0.2) is 28.4 Å². The van der Waals surface area contributed by atoms with Crippen molar-refractivity contribution in [2.45, 2.75) is 26.2 Å². The van der Waals surface area contributed by atoms with Crippen molar-refractivity contribution >= 4 is 60.6 Å². The zero-order valence-electron chi connectivity index (χ0n) is 20.0. The molecule has 0 fully saturated rings. The Balaban J connectivity index is 1.64. The molecule has 0 unspecified atom stereocenters. The van der Waals surface area contributed by atoms with Crippen molar-refractivity contribution in [3.8, 4) is 5.75 Å². The molecule has 7 nitrogen and oxygen atoms in total. The van der Waals surface area contributed by atoms with Crippen LogP contribution in [0.1, 0.15) is 37.6 Å². The number of ether oxygens (including phenoxy) is 1. The highest BCUT2D eigenvalue weighted by atomic mass is 79.9. The van der Waals surface area contributed by atoms with E-state index < -0.39 is 11.7 Å². The van der Waals surface area contributed by atoms with Crippen LogP contribution in [0.25, 0.3) is 10.9 Å². The third-order valence-electron chi connectivity index (χ3n) is 5.64. The molecule has 0 spiro atoms. The summed E-state index contributed by atoms with van der Waals surface area (Å²) in [6.45, 7) is 3.71. The number of fused-ring (bicyclic) bond motifs is 1. The first-order chi connectivity index (χ1) is 17.7. The smallest absolute Gasteiger partial charge is 0.282 e. The van der Waals surface area contributed by atoms with Gasteiger partial charge < -0.3 is 10.1 Å². The van der Waals surface area contributed by atoms with Crippen LogP contribution in [0.15, 0.2) is 79.5 Å². The molecular weight excluding hydrogens is 607 g/mol. The Hall–Kier alpha value is -3.37. The largest absolute Gasteiger partial charge is 0.483 e. The zero-order valence-corrected chi connectivity index (χ0v) is 23.2. The van der Waals surface area contributed by atoms with Gasteiger partial charge in [0.25, 0.3) is 11.5 Å². The molecule has 0 radical (unpaired) electrons. The van der Waals surface area contributed by atoms with Crippen LogP contribution in [0.2, 0.25) is 0 Å². The van der Waals surface area contributed by atoms with Crippen molar-refractivity contribution < 1.29 is 13.9 Å². The van der Waals surface area contributed by atoms with Gasteiger partial charge >= 0.3 is 0 Å². The number of anilines is 1. The summed E-state index contributed by atoms with van der Waals surface area (Å²) >= 11 is 6.85. The molecular formula is C27H23Br2FN4O3. The number of carbonyl (C=O) groups excluding carboxylic acids is 1. The molecule has 0 bridgehead atoms. The second kappa shape index (κ2) is 11.8. The summed E-state index contributed by atoms with van der Waals surface area (Å²) in [4.78, 5) is 30.4. The molecule has 4 aromatic rings. The molecule has 1 heterocycles. The highest BCUT2D eigenvalue weighted by Crippen LogP contribution is 2.24. The highest BCUT2D eigenvalue weighted by Gasteiger charge is 2.16. The summed E-state index contributed by atoms with van der Waals surface area (Å²) in [5.41, 5.74) is 1.19. The maximum atomic E-state index is 13.4. The average molecular weight is 630 g/mol. The lowest BCUT2D eigenvalue weighted by atomic mass is 10.1. The number of rotatable bonds is 8. The second-order valence-electron chi connectivity index (χ2n) is 8.33. The van der Waals surface area contributed by atoms with E-state index in [4.69, 9.17) is 9.72 Å². The number of aromatic nitrogens is 2. The van der Waals surface area contributed by atoms with Crippen LogP contribution in [0.5, 0.6) is 5.75 Å². The van der Waals surface area contributed by atoms with Crippen molar-refractivity contribution in [3.63, 3.8) is 0 Å². The highest BCUT2D eigenvalue weighted by molar-refractivity contribution is 9.10. The van der Waals surface area contributed by atoms with Gasteiger partial charge in [-0.2, -0.15) is 9.78 Å². The summed E-state index contributed by atoms with van der Waals surface area (Å²) in [6.07, 6.45) is 2.28. The maximum absolute atomic E-state index is 13.4. The Kier molecular flexibility index (Phi) is 8.50. The Morgan fingerprint density at radius 2 is 1.92 bits per heavy atom. The number of carbonyl (C=O) groups is 1. The van der Waals surface area contributed by atoms with Gasteiger partial charge in [-0.15, -0.1) is 0 Å². The van der Waals surface area contributed by atoms with Gasteiger partial charge in [0.05, 0.1) is 17.1 Å².